The van der Waals surface area contributed by atoms with Crippen LogP contribution in [0.2, 0.25) is 0 Å². The summed E-state index contributed by atoms with van der Waals surface area (Å²) in [6.07, 6.45) is 11.0. The van der Waals surface area contributed by atoms with E-state index < -0.39 is 0 Å². The molecule has 1 aliphatic rings. The van der Waals surface area contributed by atoms with E-state index in [4.69, 9.17) is 9.72 Å². The summed E-state index contributed by atoms with van der Waals surface area (Å²) >= 11 is 0. The molecule has 164 valence electrons. The van der Waals surface area contributed by atoms with Crippen LogP contribution < -0.4 is 5.56 Å². The lowest BCUT2D eigenvalue weighted by molar-refractivity contribution is 0.0713. The van der Waals surface area contributed by atoms with E-state index in [2.05, 4.69) is 16.2 Å². The molecule has 1 N–H and O–H groups in total. The maximum atomic E-state index is 11.7. The first kappa shape index (κ1) is 20.8. The van der Waals surface area contributed by atoms with Crippen molar-refractivity contribution in [2.24, 2.45) is 7.05 Å². The molecule has 0 radical (unpaired) electrons. The van der Waals surface area contributed by atoms with Gasteiger partial charge in [0.05, 0.1) is 29.6 Å². The number of aromatic nitrogens is 4. The van der Waals surface area contributed by atoms with Gasteiger partial charge >= 0.3 is 0 Å². The molecule has 1 atom stereocenters. The highest BCUT2D eigenvalue weighted by molar-refractivity contribution is 5.93. The van der Waals surface area contributed by atoms with Gasteiger partial charge in [0.1, 0.15) is 0 Å². The quantitative estimate of drug-likeness (QED) is 0.459. The molecule has 3 aromatic heterocycles. The molecule has 33 heavy (non-hydrogen) atoms. The first-order chi connectivity index (χ1) is 16.1. The molecule has 0 fully saturated rings. The number of aldehydes is 1. The van der Waals surface area contributed by atoms with E-state index in [1.807, 2.05) is 55.7 Å². The molecule has 5 rings (SSSR count). The monoisotopic (exact) mass is 438 g/mol. The van der Waals surface area contributed by atoms with Gasteiger partial charge in [0.2, 0.25) is 5.56 Å². The molecule has 0 saturated carbocycles. The number of pyridine rings is 2. The first-order valence-electron chi connectivity index (χ1n) is 10.7. The molecular formula is C26H22N4O3. The topological polar surface area (TPSA) is 89.9 Å². The molecule has 0 bridgehead atoms. The van der Waals surface area contributed by atoms with Crippen molar-refractivity contribution in [3.63, 3.8) is 0 Å². The fraction of sp³-hybridized carbons (Fsp3) is 0.154. The number of aryl methyl sites for hydroxylation is 1. The lowest BCUT2D eigenvalue weighted by atomic mass is 9.98. The third kappa shape index (κ3) is 4.31. The molecule has 1 aromatic carbocycles. The van der Waals surface area contributed by atoms with E-state index in [0.717, 1.165) is 39.6 Å². The normalized spacial score (nSPS) is 15.5. The fourth-order valence-electron chi connectivity index (χ4n) is 4.00. The summed E-state index contributed by atoms with van der Waals surface area (Å²) in [6, 6.07) is 12.9. The highest BCUT2D eigenvalue weighted by Crippen LogP contribution is 2.27. The van der Waals surface area contributed by atoms with Crippen LogP contribution in [0.25, 0.3) is 27.6 Å². The number of carbonyl (C=O) groups excluding carboxylic acids is 1. The Hall–Kier alpha value is -4.10. The SMILES string of the molecule is Cn1cc(-c2ccc(=O)[nH]c2)c(COC2C=CC(c3nc4ccccc4cc3C=O)=CC2)n1. The van der Waals surface area contributed by atoms with Crippen LogP contribution in [0, 0.1) is 0 Å². The largest absolute Gasteiger partial charge is 0.367 e. The number of allylic oxidation sites excluding steroid dienone is 2. The number of aromatic amines is 1. The highest BCUT2D eigenvalue weighted by atomic mass is 16.5. The number of nitrogens with one attached hydrogen (secondary N) is 1. The third-order valence-corrected chi connectivity index (χ3v) is 5.65. The number of benzene rings is 1. The summed E-state index contributed by atoms with van der Waals surface area (Å²) in [5.41, 5.74) is 5.48. The maximum absolute atomic E-state index is 11.7. The van der Waals surface area contributed by atoms with Crippen molar-refractivity contribution in [1.29, 1.82) is 0 Å². The molecule has 1 aliphatic carbocycles. The van der Waals surface area contributed by atoms with E-state index in [9.17, 15) is 9.59 Å². The zero-order valence-electron chi connectivity index (χ0n) is 18.1. The smallest absolute Gasteiger partial charge is 0.247 e. The van der Waals surface area contributed by atoms with Crippen LogP contribution in [0.3, 0.4) is 0 Å². The molecule has 0 aliphatic heterocycles. The van der Waals surface area contributed by atoms with Crippen LogP contribution >= 0.6 is 0 Å². The summed E-state index contributed by atoms with van der Waals surface area (Å²) < 4.78 is 7.85. The van der Waals surface area contributed by atoms with Gasteiger partial charge in [0, 0.05) is 47.6 Å². The second-order valence-corrected chi connectivity index (χ2v) is 7.95. The standard InChI is InChI=1S/C26H22N4O3/c1-30-14-22(19-8-11-25(32)27-13-19)24(29-30)16-33-21-9-6-17(7-10-21)26-20(15-31)12-18-4-2-3-5-23(18)28-26/h2-9,11-15,21H,10,16H2,1H3,(H,27,32). The number of fused-ring (bicyclic) bond motifs is 1. The molecule has 3 heterocycles. The first-order valence-corrected chi connectivity index (χ1v) is 10.7. The van der Waals surface area contributed by atoms with Gasteiger partial charge in [-0.05, 0) is 30.2 Å². The van der Waals surface area contributed by atoms with Crippen LogP contribution in [0.5, 0.6) is 0 Å². The van der Waals surface area contributed by atoms with Crippen molar-refractivity contribution in [2.75, 3.05) is 0 Å². The summed E-state index contributed by atoms with van der Waals surface area (Å²) in [4.78, 5) is 30.4. The number of para-hydroxylation sites is 1. The van der Waals surface area contributed by atoms with Crippen LogP contribution in [-0.2, 0) is 18.4 Å². The van der Waals surface area contributed by atoms with E-state index in [1.165, 1.54) is 6.07 Å². The number of H-pyrrole nitrogens is 1. The number of nitrogens with zero attached hydrogens (tertiary/aromatic N) is 3. The Kier molecular flexibility index (Phi) is 5.54. The predicted octanol–water partition coefficient (Wildman–Crippen LogP) is 4.06. The van der Waals surface area contributed by atoms with E-state index in [1.54, 1.807) is 16.9 Å². The number of hydrogen-bond donors (Lipinski definition) is 1. The minimum atomic E-state index is -0.144. The Labute approximate surface area is 190 Å². The van der Waals surface area contributed by atoms with Gasteiger partial charge < -0.3 is 9.72 Å². The predicted molar refractivity (Wildman–Crippen MR) is 127 cm³/mol. The molecule has 7 heteroatoms. The van der Waals surface area contributed by atoms with Gasteiger partial charge in [-0.3, -0.25) is 14.3 Å². The Bertz CT molecular complexity index is 1440. The zero-order chi connectivity index (χ0) is 22.8. The van der Waals surface area contributed by atoms with Crippen LogP contribution in [-0.4, -0.2) is 32.1 Å². The Morgan fingerprint density at radius 3 is 2.88 bits per heavy atom. The number of hydrogen-bond acceptors (Lipinski definition) is 5. The van der Waals surface area contributed by atoms with Crippen molar-refractivity contribution >= 4 is 22.8 Å². The van der Waals surface area contributed by atoms with Crippen molar-refractivity contribution < 1.29 is 9.53 Å². The molecule has 4 aromatic rings. The summed E-state index contributed by atoms with van der Waals surface area (Å²) in [7, 11) is 1.86. The maximum Gasteiger partial charge on any atom is 0.247 e. The molecular weight excluding hydrogens is 416 g/mol. The molecule has 0 amide bonds. The molecule has 0 spiro atoms. The number of carbonyl (C=O) groups is 1. The Morgan fingerprint density at radius 2 is 2.12 bits per heavy atom. The summed E-state index contributed by atoms with van der Waals surface area (Å²) in [5, 5.41) is 5.46. The lowest BCUT2D eigenvalue weighted by Crippen LogP contribution is -2.12. The van der Waals surface area contributed by atoms with Crippen LogP contribution in [0.1, 0.15) is 28.2 Å². The van der Waals surface area contributed by atoms with Gasteiger partial charge in [-0.25, -0.2) is 4.98 Å². The molecule has 1 unspecified atom stereocenters. The van der Waals surface area contributed by atoms with Crippen LogP contribution in [0.15, 0.2) is 77.9 Å². The van der Waals surface area contributed by atoms with Gasteiger partial charge in [0.25, 0.3) is 0 Å². The van der Waals surface area contributed by atoms with Crippen molar-refractivity contribution in [2.45, 2.75) is 19.1 Å². The fourth-order valence-corrected chi connectivity index (χ4v) is 4.00. The summed E-state index contributed by atoms with van der Waals surface area (Å²) in [6.45, 7) is 0.335. The van der Waals surface area contributed by atoms with Crippen LogP contribution in [0.4, 0.5) is 0 Å². The van der Waals surface area contributed by atoms with E-state index in [-0.39, 0.29) is 11.7 Å². The molecule has 0 saturated heterocycles. The summed E-state index contributed by atoms with van der Waals surface area (Å²) in [5.74, 6) is 0. The second-order valence-electron chi connectivity index (χ2n) is 7.95. The van der Waals surface area contributed by atoms with Gasteiger partial charge in [-0.2, -0.15) is 5.10 Å². The average Bonchev–Trinajstić information content (AvgIpc) is 3.23. The number of ether oxygens (including phenoxy) is 1. The second kappa shape index (κ2) is 8.80. The van der Waals surface area contributed by atoms with Gasteiger partial charge in [-0.15, -0.1) is 0 Å². The van der Waals surface area contributed by atoms with E-state index in [0.29, 0.717) is 24.3 Å². The zero-order valence-corrected chi connectivity index (χ0v) is 18.1. The Balaban J connectivity index is 1.31. The lowest BCUT2D eigenvalue weighted by Gasteiger charge is -2.18. The van der Waals surface area contributed by atoms with Gasteiger partial charge in [-0.1, -0.05) is 36.4 Å². The highest BCUT2D eigenvalue weighted by Gasteiger charge is 2.17. The van der Waals surface area contributed by atoms with Crippen molar-refractivity contribution in [3.8, 4) is 11.1 Å². The number of rotatable bonds is 6. The molecule has 7 nitrogen and oxygen atoms in total. The minimum absolute atomic E-state index is 0.112. The van der Waals surface area contributed by atoms with Crippen molar-refractivity contribution in [1.82, 2.24) is 19.7 Å². The van der Waals surface area contributed by atoms with E-state index >= 15 is 0 Å². The van der Waals surface area contributed by atoms with Gasteiger partial charge in [0.15, 0.2) is 6.29 Å². The van der Waals surface area contributed by atoms with Crippen molar-refractivity contribution in [3.05, 3.63) is 100 Å². The average molecular weight is 438 g/mol. The minimum Gasteiger partial charge on any atom is -0.367 e. The Morgan fingerprint density at radius 1 is 1.24 bits per heavy atom. The third-order valence-electron chi connectivity index (χ3n) is 5.65.